The number of aryl methyl sites for hydroxylation is 1. The Labute approximate surface area is 176 Å². The van der Waals surface area contributed by atoms with Gasteiger partial charge in [0.1, 0.15) is 11.5 Å². The Morgan fingerprint density at radius 3 is 2.47 bits per heavy atom. The first kappa shape index (κ1) is 21.6. The molecule has 0 spiro atoms. The minimum atomic E-state index is -0.685. The van der Waals surface area contributed by atoms with Crippen LogP contribution in [0.4, 0.5) is 0 Å². The Morgan fingerprint density at radius 2 is 1.90 bits per heavy atom. The SMILES string of the molecule is CCCOc1ccc([C@@H]2C(C(=O)c3ccc(C)o3)=C(O)C(=O)N2CC[NH+](C)C)cc1. The number of benzene rings is 1. The van der Waals surface area contributed by atoms with Gasteiger partial charge in [-0.3, -0.25) is 9.59 Å². The molecule has 1 aliphatic rings. The van der Waals surface area contributed by atoms with E-state index in [-0.39, 0.29) is 11.3 Å². The van der Waals surface area contributed by atoms with Gasteiger partial charge in [0.15, 0.2) is 11.5 Å². The number of hydrogen-bond donors (Lipinski definition) is 2. The number of nitrogens with one attached hydrogen (secondary N) is 1. The van der Waals surface area contributed by atoms with Gasteiger partial charge in [-0.15, -0.1) is 0 Å². The molecule has 0 saturated heterocycles. The Balaban J connectivity index is 1.99. The molecule has 0 bridgehead atoms. The lowest BCUT2D eigenvalue weighted by atomic mass is 9.95. The maximum atomic E-state index is 13.2. The zero-order valence-electron chi connectivity index (χ0n) is 17.9. The number of Topliss-reactive ketones (excluding diaryl/α,β-unsaturated/α-hetero) is 1. The van der Waals surface area contributed by atoms with Gasteiger partial charge >= 0.3 is 0 Å². The van der Waals surface area contributed by atoms with Crippen LogP contribution in [0.5, 0.6) is 5.75 Å². The van der Waals surface area contributed by atoms with Crippen LogP contribution in [0.25, 0.3) is 0 Å². The highest BCUT2D eigenvalue weighted by Crippen LogP contribution is 2.39. The number of ketones is 1. The predicted molar refractivity (Wildman–Crippen MR) is 112 cm³/mol. The Bertz CT molecular complexity index is 943. The van der Waals surface area contributed by atoms with Crippen molar-refractivity contribution < 1.29 is 28.7 Å². The number of rotatable bonds is 9. The number of likely N-dealkylation sites (N-methyl/N-ethyl adjacent to an activating group) is 1. The fourth-order valence-electron chi connectivity index (χ4n) is 3.46. The van der Waals surface area contributed by atoms with Crippen molar-refractivity contribution in [1.82, 2.24) is 4.90 Å². The highest BCUT2D eigenvalue weighted by atomic mass is 16.5. The smallest absolute Gasteiger partial charge is 0.290 e. The van der Waals surface area contributed by atoms with Crippen molar-refractivity contribution in [3.05, 3.63) is 64.8 Å². The van der Waals surface area contributed by atoms with Crippen LogP contribution in [-0.2, 0) is 4.79 Å². The average molecular weight is 413 g/mol. The number of ether oxygens (including phenoxy) is 1. The van der Waals surface area contributed by atoms with Gasteiger partial charge in [-0.05, 0) is 43.2 Å². The first-order chi connectivity index (χ1) is 14.3. The maximum Gasteiger partial charge on any atom is 0.290 e. The fourth-order valence-corrected chi connectivity index (χ4v) is 3.46. The summed E-state index contributed by atoms with van der Waals surface area (Å²) in [5, 5.41) is 10.6. The molecule has 0 aliphatic carbocycles. The largest absolute Gasteiger partial charge is 0.503 e. The van der Waals surface area contributed by atoms with Gasteiger partial charge in [0, 0.05) is 0 Å². The van der Waals surface area contributed by atoms with Crippen molar-refractivity contribution in [2.24, 2.45) is 0 Å². The predicted octanol–water partition coefficient (Wildman–Crippen LogP) is 2.10. The number of hydrogen-bond acceptors (Lipinski definition) is 5. The van der Waals surface area contributed by atoms with E-state index in [1.54, 1.807) is 24.0 Å². The summed E-state index contributed by atoms with van der Waals surface area (Å²) >= 11 is 0. The summed E-state index contributed by atoms with van der Waals surface area (Å²) < 4.78 is 11.1. The van der Waals surface area contributed by atoms with E-state index in [1.165, 1.54) is 0 Å². The van der Waals surface area contributed by atoms with Crippen LogP contribution in [0.3, 0.4) is 0 Å². The molecule has 1 amide bonds. The van der Waals surface area contributed by atoms with Crippen LogP contribution in [-0.4, -0.2) is 55.5 Å². The number of nitrogens with zero attached hydrogens (tertiary/aromatic N) is 1. The molecule has 0 radical (unpaired) electrons. The lowest BCUT2D eigenvalue weighted by Crippen LogP contribution is -3.06. The second kappa shape index (κ2) is 9.17. The van der Waals surface area contributed by atoms with Crippen molar-refractivity contribution in [2.45, 2.75) is 26.3 Å². The number of aliphatic hydroxyl groups excluding tert-OH is 1. The summed E-state index contributed by atoms with van der Waals surface area (Å²) in [7, 11) is 3.97. The molecule has 2 aromatic rings. The van der Waals surface area contributed by atoms with Gasteiger partial charge in [0.25, 0.3) is 5.91 Å². The Kier molecular flexibility index (Phi) is 6.62. The molecule has 1 atom stereocenters. The summed E-state index contributed by atoms with van der Waals surface area (Å²) in [5.41, 5.74) is 0.780. The van der Waals surface area contributed by atoms with Crippen molar-refractivity contribution in [3.63, 3.8) is 0 Å². The number of quaternary nitrogens is 1. The maximum absolute atomic E-state index is 13.2. The number of carbonyl (C=O) groups is 2. The van der Waals surface area contributed by atoms with Gasteiger partial charge < -0.3 is 24.1 Å². The molecule has 1 aromatic carbocycles. The third-order valence-corrected chi connectivity index (χ3v) is 5.03. The van der Waals surface area contributed by atoms with E-state index >= 15 is 0 Å². The topological polar surface area (TPSA) is 84.4 Å². The van der Waals surface area contributed by atoms with Gasteiger partial charge in [-0.1, -0.05) is 19.1 Å². The molecule has 1 aliphatic heterocycles. The van der Waals surface area contributed by atoms with Crippen molar-refractivity contribution in [1.29, 1.82) is 0 Å². The second-order valence-corrected chi connectivity index (χ2v) is 7.78. The minimum absolute atomic E-state index is 0.0466. The molecule has 0 unspecified atom stereocenters. The first-order valence-electron chi connectivity index (χ1n) is 10.2. The zero-order valence-corrected chi connectivity index (χ0v) is 17.9. The highest BCUT2D eigenvalue weighted by Gasteiger charge is 2.44. The van der Waals surface area contributed by atoms with Crippen molar-refractivity contribution in [3.8, 4) is 5.75 Å². The molecule has 30 heavy (non-hydrogen) atoms. The summed E-state index contributed by atoms with van der Waals surface area (Å²) in [6.45, 7) is 5.46. The molecule has 1 aromatic heterocycles. The molecule has 2 heterocycles. The van der Waals surface area contributed by atoms with E-state index in [1.807, 2.05) is 45.3 Å². The van der Waals surface area contributed by atoms with Gasteiger partial charge in [0.05, 0.1) is 45.4 Å². The third-order valence-electron chi connectivity index (χ3n) is 5.03. The normalized spacial score (nSPS) is 16.6. The van der Waals surface area contributed by atoms with Crippen LogP contribution < -0.4 is 9.64 Å². The highest BCUT2D eigenvalue weighted by molar-refractivity contribution is 6.15. The van der Waals surface area contributed by atoms with E-state index < -0.39 is 23.5 Å². The minimum Gasteiger partial charge on any atom is -0.503 e. The fraction of sp³-hybridized carbons (Fsp3) is 0.391. The van der Waals surface area contributed by atoms with E-state index in [2.05, 4.69) is 0 Å². The molecular formula is C23H29N2O5+. The molecule has 160 valence electrons. The summed E-state index contributed by atoms with van der Waals surface area (Å²) in [5.74, 6) is -0.125. The molecule has 7 heteroatoms. The van der Waals surface area contributed by atoms with Gasteiger partial charge in [-0.2, -0.15) is 0 Å². The molecule has 7 nitrogen and oxygen atoms in total. The molecular weight excluding hydrogens is 384 g/mol. The van der Waals surface area contributed by atoms with Crippen LogP contribution in [0.15, 0.2) is 52.1 Å². The second-order valence-electron chi connectivity index (χ2n) is 7.78. The zero-order chi connectivity index (χ0) is 21.8. The van der Waals surface area contributed by atoms with Crippen LogP contribution in [0.1, 0.15) is 41.3 Å². The third kappa shape index (κ3) is 4.41. The molecule has 3 rings (SSSR count). The lowest BCUT2D eigenvalue weighted by Gasteiger charge is -2.27. The van der Waals surface area contributed by atoms with Gasteiger partial charge in [0.2, 0.25) is 5.78 Å². The quantitative estimate of drug-likeness (QED) is 0.615. The number of furan rings is 1. The Morgan fingerprint density at radius 1 is 1.20 bits per heavy atom. The monoisotopic (exact) mass is 413 g/mol. The van der Waals surface area contributed by atoms with Gasteiger partial charge in [-0.25, -0.2) is 0 Å². The van der Waals surface area contributed by atoms with Crippen molar-refractivity contribution >= 4 is 11.7 Å². The van der Waals surface area contributed by atoms with Crippen LogP contribution >= 0.6 is 0 Å². The summed E-state index contributed by atoms with van der Waals surface area (Å²) in [4.78, 5) is 28.7. The summed E-state index contributed by atoms with van der Waals surface area (Å²) in [6.07, 6.45) is 0.900. The van der Waals surface area contributed by atoms with Crippen molar-refractivity contribution in [2.75, 3.05) is 33.8 Å². The van der Waals surface area contributed by atoms with E-state index in [4.69, 9.17) is 9.15 Å². The van der Waals surface area contributed by atoms with E-state index in [9.17, 15) is 14.7 Å². The molecule has 0 saturated carbocycles. The molecule has 2 N–H and O–H groups in total. The van der Waals surface area contributed by atoms with E-state index in [0.717, 1.165) is 22.6 Å². The standard InChI is InChI=1S/C23H28N2O5/c1-5-14-29-17-9-7-16(8-10-17)20-19(21(26)18-11-6-15(2)30-18)22(27)23(28)25(20)13-12-24(3)4/h6-11,20,27H,5,12-14H2,1-4H3/p+1/t20-/m1/s1. The van der Waals surface area contributed by atoms with Crippen LogP contribution in [0, 0.1) is 6.92 Å². The number of carbonyl (C=O) groups excluding carboxylic acids is 2. The Hall–Kier alpha value is -3.06. The number of aliphatic hydroxyl groups is 1. The van der Waals surface area contributed by atoms with E-state index in [0.29, 0.717) is 25.5 Å². The lowest BCUT2D eigenvalue weighted by molar-refractivity contribution is -0.857. The first-order valence-corrected chi connectivity index (χ1v) is 10.2. The van der Waals surface area contributed by atoms with Crippen LogP contribution in [0.2, 0.25) is 0 Å². The molecule has 0 fully saturated rings. The summed E-state index contributed by atoms with van der Waals surface area (Å²) in [6, 6.07) is 9.86. The number of amides is 1. The average Bonchev–Trinajstić information content (AvgIpc) is 3.26.